The molecule has 0 spiro atoms. The lowest BCUT2D eigenvalue weighted by Gasteiger charge is -2.34. The third-order valence-corrected chi connectivity index (χ3v) is 4.32. The van der Waals surface area contributed by atoms with Crippen molar-refractivity contribution < 1.29 is 4.74 Å². The van der Waals surface area contributed by atoms with Gasteiger partial charge in [-0.15, -0.1) is 0 Å². The standard InChI is InChI=1S/C16H24N2O/c1-13-2-3-15(14-4-6-17-7-5-14)16(12-13)18-8-10-19-11-9-18/h2-3,12,14,17H,4-11H2,1H3. The average Bonchev–Trinajstić information content (AvgIpc) is 2.49. The molecular formula is C16H24N2O. The first-order valence-corrected chi connectivity index (χ1v) is 7.48. The maximum atomic E-state index is 5.49. The van der Waals surface area contributed by atoms with Crippen LogP contribution in [0.4, 0.5) is 5.69 Å². The van der Waals surface area contributed by atoms with Gasteiger partial charge in [0.1, 0.15) is 0 Å². The van der Waals surface area contributed by atoms with Crippen molar-refractivity contribution in [2.45, 2.75) is 25.7 Å². The highest BCUT2D eigenvalue weighted by atomic mass is 16.5. The quantitative estimate of drug-likeness (QED) is 0.883. The first kappa shape index (κ1) is 12.9. The van der Waals surface area contributed by atoms with Crippen LogP contribution >= 0.6 is 0 Å². The van der Waals surface area contributed by atoms with E-state index < -0.39 is 0 Å². The molecule has 0 bridgehead atoms. The smallest absolute Gasteiger partial charge is 0.0642 e. The third-order valence-electron chi connectivity index (χ3n) is 4.32. The number of nitrogens with zero attached hydrogens (tertiary/aromatic N) is 1. The largest absolute Gasteiger partial charge is 0.378 e. The summed E-state index contributed by atoms with van der Waals surface area (Å²) < 4.78 is 5.49. The van der Waals surface area contributed by atoms with Crippen LogP contribution < -0.4 is 10.2 Å². The van der Waals surface area contributed by atoms with Crippen molar-refractivity contribution in [2.75, 3.05) is 44.3 Å². The number of ether oxygens (including phenoxy) is 1. The SMILES string of the molecule is Cc1ccc(C2CCNCC2)c(N2CCOCC2)c1. The zero-order chi connectivity index (χ0) is 13.1. The monoisotopic (exact) mass is 260 g/mol. The minimum atomic E-state index is 0.722. The van der Waals surface area contributed by atoms with E-state index in [9.17, 15) is 0 Å². The van der Waals surface area contributed by atoms with Crippen LogP contribution in [0, 0.1) is 6.92 Å². The van der Waals surface area contributed by atoms with Crippen molar-refractivity contribution in [3.05, 3.63) is 29.3 Å². The zero-order valence-corrected chi connectivity index (χ0v) is 11.8. The van der Waals surface area contributed by atoms with Gasteiger partial charge in [-0.1, -0.05) is 12.1 Å². The number of aryl methyl sites for hydroxylation is 1. The molecule has 2 heterocycles. The fourth-order valence-electron chi connectivity index (χ4n) is 3.21. The van der Waals surface area contributed by atoms with Gasteiger partial charge in [0.05, 0.1) is 13.2 Å². The Bertz CT molecular complexity index is 421. The highest BCUT2D eigenvalue weighted by Crippen LogP contribution is 2.34. The maximum absolute atomic E-state index is 5.49. The molecule has 1 aromatic carbocycles. The second-order valence-corrected chi connectivity index (χ2v) is 5.69. The van der Waals surface area contributed by atoms with Crippen molar-refractivity contribution in [1.82, 2.24) is 5.32 Å². The lowest BCUT2D eigenvalue weighted by molar-refractivity contribution is 0.122. The fraction of sp³-hybridized carbons (Fsp3) is 0.625. The normalized spacial score (nSPS) is 21.6. The second-order valence-electron chi connectivity index (χ2n) is 5.69. The Morgan fingerprint density at radius 2 is 1.89 bits per heavy atom. The van der Waals surface area contributed by atoms with Crippen molar-refractivity contribution in [3.63, 3.8) is 0 Å². The number of rotatable bonds is 2. The Balaban J connectivity index is 1.88. The van der Waals surface area contributed by atoms with Crippen molar-refractivity contribution in [1.29, 1.82) is 0 Å². The van der Waals surface area contributed by atoms with Gasteiger partial charge in [-0.25, -0.2) is 0 Å². The molecule has 0 atom stereocenters. The number of piperidine rings is 1. The summed E-state index contributed by atoms with van der Waals surface area (Å²) in [6.07, 6.45) is 2.53. The van der Waals surface area contributed by atoms with Crippen LogP contribution in [0.25, 0.3) is 0 Å². The van der Waals surface area contributed by atoms with Crippen LogP contribution in [0.3, 0.4) is 0 Å². The number of hydrogen-bond donors (Lipinski definition) is 1. The highest BCUT2D eigenvalue weighted by Gasteiger charge is 2.22. The molecule has 2 saturated heterocycles. The summed E-state index contributed by atoms with van der Waals surface area (Å²) in [5.41, 5.74) is 4.36. The summed E-state index contributed by atoms with van der Waals surface area (Å²) in [7, 11) is 0. The molecule has 0 saturated carbocycles. The summed E-state index contributed by atoms with van der Waals surface area (Å²) in [6, 6.07) is 6.99. The van der Waals surface area contributed by atoms with Gasteiger partial charge in [0.2, 0.25) is 0 Å². The molecule has 2 fully saturated rings. The number of hydrogen-bond acceptors (Lipinski definition) is 3. The molecule has 3 rings (SSSR count). The van der Waals surface area contributed by atoms with Gasteiger partial charge in [0.15, 0.2) is 0 Å². The Labute approximate surface area is 115 Å². The molecule has 104 valence electrons. The van der Waals surface area contributed by atoms with Crippen LogP contribution in [0.15, 0.2) is 18.2 Å². The van der Waals surface area contributed by atoms with E-state index in [1.807, 2.05) is 0 Å². The third kappa shape index (κ3) is 2.93. The van der Waals surface area contributed by atoms with Crippen LogP contribution in [-0.2, 0) is 4.74 Å². The Hall–Kier alpha value is -1.06. The zero-order valence-electron chi connectivity index (χ0n) is 11.8. The van der Waals surface area contributed by atoms with Gasteiger partial charge >= 0.3 is 0 Å². The number of nitrogens with one attached hydrogen (secondary N) is 1. The molecule has 0 amide bonds. The molecule has 0 aliphatic carbocycles. The number of benzene rings is 1. The lowest BCUT2D eigenvalue weighted by atomic mass is 9.88. The van der Waals surface area contributed by atoms with E-state index in [0.717, 1.165) is 45.3 Å². The number of anilines is 1. The van der Waals surface area contributed by atoms with E-state index >= 15 is 0 Å². The summed E-state index contributed by atoms with van der Waals surface area (Å²) in [6.45, 7) is 8.28. The van der Waals surface area contributed by atoms with E-state index in [2.05, 4.69) is 35.3 Å². The summed E-state index contributed by atoms with van der Waals surface area (Å²) in [5.74, 6) is 0.722. The van der Waals surface area contributed by atoms with Gasteiger partial charge in [-0.2, -0.15) is 0 Å². The highest BCUT2D eigenvalue weighted by molar-refractivity contribution is 5.57. The Morgan fingerprint density at radius 3 is 2.63 bits per heavy atom. The minimum Gasteiger partial charge on any atom is -0.378 e. The van der Waals surface area contributed by atoms with Gasteiger partial charge in [-0.3, -0.25) is 0 Å². The molecule has 0 unspecified atom stereocenters. The predicted molar refractivity (Wildman–Crippen MR) is 79.1 cm³/mol. The van der Waals surface area contributed by atoms with Gasteiger partial charge < -0.3 is 15.0 Å². The Kier molecular flexibility index (Phi) is 4.04. The first-order valence-electron chi connectivity index (χ1n) is 7.48. The molecule has 2 aliphatic heterocycles. The molecule has 3 heteroatoms. The number of morpholine rings is 1. The van der Waals surface area contributed by atoms with Gasteiger partial charge in [-0.05, 0) is 56.0 Å². The molecular weight excluding hydrogens is 236 g/mol. The maximum Gasteiger partial charge on any atom is 0.0642 e. The summed E-state index contributed by atoms with van der Waals surface area (Å²) in [5, 5.41) is 3.46. The van der Waals surface area contributed by atoms with Gasteiger partial charge in [0.25, 0.3) is 0 Å². The predicted octanol–water partition coefficient (Wildman–Crippen LogP) is 2.30. The van der Waals surface area contributed by atoms with E-state index in [-0.39, 0.29) is 0 Å². The lowest BCUT2D eigenvalue weighted by Crippen LogP contribution is -2.37. The van der Waals surface area contributed by atoms with Crippen molar-refractivity contribution in [3.8, 4) is 0 Å². The van der Waals surface area contributed by atoms with E-state index in [4.69, 9.17) is 4.74 Å². The molecule has 1 aromatic rings. The molecule has 0 aromatic heterocycles. The van der Waals surface area contributed by atoms with Crippen molar-refractivity contribution in [2.24, 2.45) is 0 Å². The van der Waals surface area contributed by atoms with Crippen LogP contribution in [0.1, 0.15) is 29.9 Å². The molecule has 19 heavy (non-hydrogen) atoms. The molecule has 0 radical (unpaired) electrons. The van der Waals surface area contributed by atoms with Crippen molar-refractivity contribution >= 4 is 5.69 Å². The van der Waals surface area contributed by atoms with Crippen LogP contribution in [0.2, 0.25) is 0 Å². The molecule has 1 N–H and O–H groups in total. The summed E-state index contributed by atoms with van der Waals surface area (Å²) >= 11 is 0. The van der Waals surface area contributed by atoms with E-state index in [0.29, 0.717) is 0 Å². The Morgan fingerprint density at radius 1 is 1.16 bits per heavy atom. The fourth-order valence-corrected chi connectivity index (χ4v) is 3.21. The molecule has 2 aliphatic rings. The minimum absolute atomic E-state index is 0.722. The van der Waals surface area contributed by atoms with Gasteiger partial charge in [0, 0.05) is 18.8 Å². The first-order chi connectivity index (χ1) is 9.34. The van der Waals surface area contributed by atoms with Crippen LogP contribution in [-0.4, -0.2) is 39.4 Å². The van der Waals surface area contributed by atoms with E-state index in [1.54, 1.807) is 5.56 Å². The second kappa shape index (κ2) is 5.93. The topological polar surface area (TPSA) is 24.5 Å². The van der Waals surface area contributed by atoms with Crippen LogP contribution in [0.5, 0.6) is 0 Å². The average molecular weight is 260 g/mol. The summed E-state index contributed by atoms with van der Waals surface area (Å²) in [4.78, 5) is 2.51. The van der Waals surface area contributed by atoms with E-state index in [1.165, 1.54) is 24.1 Å². The molecule has 3 nitrogen and oxygen atoms in total.